The highest BCUT2D eigenvalue weighted by Crippen LogP contribution is 2.25. The van der Waals surface area contributed by atoms with Crippen molar-refractivity contribution in [1.82, 2.24) is 10.6 Å². The lowest BCUT2D eigenvalue weighted by molar-refractivity contribution is -0.121. The molecule has 2 amide bonds. The molecule has 0 saturated heterocycles. The molecule has 2 N–H and O–H groups in total. The Labute approximate surface area is 192 Å². The van der Waals surface area contributed by atoms with Crippen LogP contribution in [0, 0.1) is 5.92 Å². The number of amides is 2. The van der Waals surface area contributed by atoms with Gasteiger partial charge in [0.2, 0.25) is 5.91 Å². The maximum Gasteiger partial charge on any atom is 0.251 e. The van der Waals surface area contributed by atoms with Crippen LogP contribution in [0.2, 0.25) is 0 Å². The number of carbonyl (C=O) groups is 2. The lowest BCUT2D eigenvalue weighted by Gasteiger charge is -2.28. The fourth-order valence-corrected chi connectivity index (χ4v) is 4.13. The first-order valence-electron chi connectivity index (χ1n) is 12.0. The average Bonchev–Trinajstić information content (AvgIpc) is 2.79. The quantitative estimate of drug-likeness (QED) is 0.715. The molecule has 0 saturated carbocycles. The van der Waals surface area contributed by atoms with Crippen molar-refractivity contribution in [2.24, 2.45) is 5.92 Å². The fourth-order valence-electron chi connectivity index (χ4n) is 4.13. The summed E-state index contributed by atoms with van der Waals surface area (Å²) in [5.41, 5.74) is 3.79. The van der Waals surface area contributed by atoms with Crippen LogP contribution >= 0.6 is 0 Å². The van der Waals surface area contributed by atoms with Crippen LogP contribution in [0.3, 0.4) is 0 Å². The van der Waals surface area contributed by atoms with Gasteiger partial charge in [0.1, 0.15) is 0 Å². The van der Waals surface area contributed by atoms with Gasteiger partial charge in [-0.1, -0.05) is 63.4 Å². The fraction of sp³-hybridized carbons (Fsp3) is 0.481. The maximum atomic E-state index is 13.0. The first-order chi connectivity index (χ1) is 15.6. The summed E-state index contributed by atoms with van der Waals surface area (Å²) in [6.45, 7) is 6.83. The highest BCUT2D eigenvalue weighted by molar-refractivity contribution is 5.98. The molecule has 0 radical (unpaired) electrons. The van der Waals surface area contributed by atoms with Gasteiger partial charge in [0.15, 0.2) is 0 Å². The van der Waals surface area contributed by atoms with E-state index in [0.717, 1.165) is 50.0 Å². The summed E-state index contributed by atoms with van der Waals surface area (Å²) in [5, 5.41) is 6.54. The summed E-state index contributed by atoms with van der Waals surface area (Å²) in [6, 6.07) is 15.9. The minimum absolute atomic E-state index is 0.0651. The average molecular weight is 436 g/mol. The van der Waals surface area contributed by atoms with E-state index in [2.05, 4.69) is 22.8 Å². The molecule has 0 fully saturated rings. The molecule has 0 atom stereocenters. The monoisotopic (exact) mass is 435 g/mol. The zero-order valence-electron chi connectivity index (χ0n) is 19.5. The van der Waals surface area contributed by atoms with Gasteiger partial charge in [0.05, 0.1) is 0 Å². The minimum Gasteiger partial charge on any atom is -0.352 e. The van der Waals surface area contributed by atoms with E-state index in [4.69, 9.17) is 0 Å². The van der Waals surface area contributed by atoms with E-state index in [0.29, 0.717) is 18.7 Å². The molecular weight excluding hydrogens is 398 g/mol. The van der Waals surface area contributed by atoms with Crippen molar-refractivity contribution in [3.8, 4) is 0 Å². The molecule has 2 aromatic rings. The van der Waals surface area contributed by atoms with E-state index in [9.17, 15) is 9.59 Å². The standard InChI is InChI=1S/C27H37N3O2/c1-21(2)27(32)30-18-10-5-3-4-9-16-28-20-24-19-23(13-14-25(24)30)26(31)29-17-15-22-11-7-6-8-12-22/h6-8,11-14,19,21,28H,3-5,9-10,15-18,20H2,1-2H3,(H,29,31). The smallest absolute Gasteiger partial charge is 0.251 e. The van der Waals surface area contributed by atoms with Crippen LogP contribution in [0.5, 0.6) is 0 Å². The molecule has 0 unspecified atom stereocenters. The molecule has 32 heavy (non-hydrogen) atoms. The van der Waals surface area contributed by atoms with Crippen LogP contribution in [0.4, 0.5) is 5.69 Å². The van der Waals surface area contributed by atoms with Crippen LogP contribution in [0.1, 0.15) is 67.4 Å². The van der Waals surface area contributed by atoms with Crippen LogP contribution in [-0.2, 0) is 17.8 Å². The molecule has 0 bridgehead atoms. The number of nitrogens with zero attached hydrogens (tertiary/aromatic N) is 1. The minimum atomic E-state index is -0.0726. The second kappa shape index (κ2) is 12.4. The maximum absolute atomic E-state index is 13.0. The van der Waals surface area contributed by atoms with Crippen molar-refractivity contribution in [3.63, 3.8) is 0 Å². The number of benzene rings is 2. The van der Waals surface area contributed by atoms with Gasteiger partial charge in [0, 0.05) is 36.8 Å². The predicted molar refractivity (Wildman–Crippen MR) is 131 cm³/mol. The van der Waals surface area contributed by atoms with E-state index in [1.54, 1.807) is 0 Å². The third-order valence-electron chi connectivity index (χ3n) is 5.99. The Hall–Kier alpha value is -2.66. The second-order valence-corrected chi connectivity index (χ2v) is 8.92. The van der Waals surface area contributed by atoms with Gasteiger partial charge >= 0.3 is 0 Å². The van der Waals surface area contributed by atoms with Crippen molar-refractivity contribution in [2.75, 3.05) is 24.5 Å². The normalized spacial score (nSPS) is 15.4. The number of hydrogen-bond donors (Lipinski definition) is 2. The van der Waals surface area contributed by atoms with Gasteiger partial charge in [-0.05, 0) is 55.1 Å². The van der Waals surface area contributed by atoms with Crippen molar-refractivity contribution in [1.29, 1.82) is 0 Å². The number of nitrogens with one attached hydrogen (secondary N) is 2. The molecule has 1 heterocycles. The molecule has 2 aromatic carbocycles. The Balaban J connectivity index is 1.77. The molecule has 3 rings (SSSR count). The SMILES string of the molecule is CC(C)C(=O)N1CCCCCCCNCc2cc(C(=O)NCCc3ccccc3)ccc21. The van der Waals surface area contributed by atoms with Gasteiger partial charge in [-0.2, -0.15) is 0 Å². The lowest BCUT2D eigenvalue weighted by atomic mass is 10.0. The largest absolute Gasteiger partial charge is 0.352 e. The van der Waals surface area contributed by atoms with E-state index in [1.807, 2.05) is 55.1 Å². The molecule has 5 heteroatoms. The number of anilines is 1. The summed E-state index contributed by atoms with van der Waals surface area (Å²) in [5.74, 6) is 0.00429. The van der Waals surface area contributed by atoms with E-state index in [1.165, 1.54) is 18.4 Å². The zero-order valence-corrected chi connectivity index (χ0v) is 19.5. The van der Waals surface area contributed by atoms with Gasteiger partial charge in [-0.25, -0.2) is 0 Å². The van der Waals surface area contributed by atoms with Crippen LogP contribution in [-0.4, -0.2) is 31.4 Å². The predicted octanol–water partition coefficient (Wildman–Crippen LogP) is 4.70. The van der Waals surface area contributed by atoms with E-state index < -0.39 is 0 Å². The number of carbonyl (C=O) groups excluding carboxylic acids is 2. The molecule has 5 nitrogen and oxygen atoms in total. The van der Waals surface area contributed by atoms with Crippen molar-refractivity contribution < 1.29 is 9.59 Å². The molecule has 1 aliphatic rings. The first-order valence-corrected chi connectivity index (χ1v) is 12.0. The van der Waals surface area contributed by atoms with Gasteiger partial charge < -0.3 is 15.5 Å². The molecule has 0 aromatic heterocycles. The van der Waals surface area contributed by atoms with Crippen LogP contribution in [0.15, 0.2) is 48.5 Å². The lowest BCUT2D eigenvalue weighted by Crippen LogP contribution is -2.36. The first kappa shape index (κ1) is 24.0. The highest BCUT2D eigenvalue weighted by atomic mass is 16.2. The van der Waals surface area contributed by atoms with Crippen LogP contribution in [0.25, 0.3) is 0 Å². The third-order valence-corrected chi connectivity index (χ3v) is 5.99. The summed E-state index contributed by atoms with van der Waals surface area (Å²) >= 11 is 0. The Morgan fingerprint density at radius 1 is 1.00 bits per heavy atom. The van der Waals surface area contributed by atoms with Gasteiger partial charge in [-0.15, -0.1) is 0 Å². The molecule has 0 aliphatic carbocycles. The molecular formula is C27H37N3O2. The zero-order chi connectivity index (χ0) is 22.8. The Morgan fingerprint density at radius 3 is 2.53 bits per heavy atom. The van der Waals surface area contributed by atoms with Crippen molar-refractivity contribution in [3.05, 3.63) is 65.2 Å². The Morgan fingerprint density at radius 2 is 1.75 bits per heavy atom. The molecule has 1 aliphatic heterocycles. The number of rotatable bonds is 5. The Bertz CT molecular complexity index is 880. The van der Waals surface area contributed by atoms with Crippen LogP contribution < -0.4 is 15.5 Å². The number of hydrogen-bond acceptors (Lipinski definition) is 3. The molecule has 172 valence electrons. The second-order valence-electron chi connectivity index (χ2n) is 8.92. The van der Waals surface area contributed by atoms with Gasteiger partial charge in [-0.3, -0.25) is 9.59 Å². The van der Waals surface area contributed by atoms with Gasteiger partial charge in [0.25, 0.3) is 5.91 Å². The van der Waals surface area contributed by atoms with E-state index in [-0.39, 0.29) is 17.7 Å². The number of fused-ring (bicyclic) bond motifs is 1. The molecule has 0 spiro atoms. The van der Waals surface area contributed by atoms with E-state index >= 15 is 0 Å². The third kappa shape index (κ3) is 6.92. The Kier molecular flexibility index (Phi) is 9.29. The van der Waals surface area contributed by atoms with Crippen molar-refractivity contribution in [2.45, 2.75) is 58.9 Å². The summed E-state index contributed by atoms with van der Waals surface area (Å²) < 4.78 is 0. The summed E-state index contributed by atoms with van der Waals surface area (Å²) in [6.07, 6.45) is 6.52. The summed E-state index contributed by atoms with van der Waals surface area (Å²) in [4.78, 5) is 27.7. The highest BCUT2D eigenvalue weighted by Gasteiger charge is 2.22. The van der Waals surface area contributed by atoms with Crippen molar-refractivity contribution >= 4 is 17.5 Å². The summed E-state index contributed by atoms with van der Waals surface area (Å²) in [7, 11) is 0. The topological polar surface area (TPSA) is 61.4 Å².